The van der Waals surface area contributed by atoms with Gasteiger partial charge in [-0.1, -0.05) is 20.8 Å². The molecule has 3 nitrogen and oxygen atoms in total. The molecule has 1 heterocycles. The highest BCUT2D eigenvalue weighted by molar-refractivity contribution is 4.79. The first-order valence-electron chi connectivity index (χ1n) is 7.62. The summed E-state index contributed by atoms with van der Waals surface area (Å²) in [7, 11) is 1.82. The van der Waals surface area contributed by atoms with Crippen LogP contribution in [-0.2, 0) is 4.74 Å². The fourth-order valence-electron chi connectivity index (χ4n) is 2.97. The molecule has 3 heteroatoms. The third-order valence-electron chi connectivity index (χ3n) is 4.04. The number of hydrogen-bond acceptors (Lipinski definition) is 3. The van der Waals surface area contributed by atoms with Gasteiger partial charge < -0.3 is 10.1 Å². The Morgan fingerprint density at radius 3 is 2.44 bits per heavy atom. The Morgan fingerprint density at radius 2 is 1.94 bits per heavy atom. The molecule has 1 fully saturated rings. The summed E-state index contributed by atoms with van der Waals surface area (Å²) in [6.45, 7) is 12.6. The molecule has 0 aromatic carbocycles. The van der Waals surface area contributed by atoms with Crippen molar-refractivity contribution in [2.45, 2.75) is 46.1 Å². The van der Waals surface area contributed by atoms with Crippen molar-refractivity contribution in [1.82, 2.24) is 10.2 Å². The van der Waals surface area contributed by atoms with E-state index in [1.165, 1.54) is 45.4 Å². The largest absolute Gasteiger partial charge is 0.383 e. The van der Waals surface area contributed by atoms with Crippen LogP contribution in [0.3, 0.4) is 0 Å². The summed E-state index contributed by atoms with van der Waals surface area (Å²) in [5, 5.41) is 3.45. The van der Waals surface area contributed by atoms with Crippen molar-refractivity contribution in [3.63, 3.8) is 0 Å². The number of rotatable bonds is 8. The SMILES string of the molecule is CCCN(CC1CCNCC1)C(COC)C(C)C. The van der Waals surface area contributed by atoms with Gasteiger partial charge in [0.05, 0.1) is 6.61 Å². The molecule has 0 bridgehead atoms. The highest BCUT2D eigenvalue weighted by Crippen LogP contribution is 2.19. The van der Waals surface area contributed by atoms with E-state index in [4.69, 9.17) is 4.74 Å². The van der Waals surface area contributed by atoms with E-state index >= 15 is 0 Å². The first kappa shape index (κ1) is 15.9. The summed E-state index contributed by atoms with van der Waals surface area (Å²) in [6, 6.07) is 0.574. The fourth-order valence-corrected chi connectivity index (χ4v) is 2.97. The molecule has 1 N–H and O–H groups in total. The Morgan fingerprint density at radius 1 is 1.28 bits per heavy atom. The maximum Gasteiger partial charge on any atom is 0.0620 e. The minimum atomic E-state index is 0.574. The van der Waals surface area contributed by atoms with Crippen molar-refractivity contribution >= 4 is 0 Å². The molecule has 1 rings (SSSR count). The van der Waals surface area contributed by atoms with E-state index in [-0.39, 0.29) is 0 Å². The Kier molecular flexibility index (Phi) is 7.87. The van der Waals surface area contributed by atoms with Gasteiger partial charge in [0, 0.05) is 19.7 Å². The van der Waals surface area contributed by atoms with Crippen LogP contribution in [0.15, 0.2) is 0 Å². The molecule has 0 radical (unpaired) electrons. The van der Waals surface area contributed by atoms with Gasteiger partial charge in [0.2, 0.25) is 0 Å². The van der Waals surface area contributed by atoms with Crippen molar-refractivity contribution in [3.05, 3.63) is 0 Å². The number of nitrogens with one attached hydrogen (secondary N) is 1. The molecule has 0 aromatic rings. The van der Waals surface area contributed by atoms with Crippen LogP contribution in [0, 0.1) is 11.8 Å². The normalized spacial score (nSPS) is 19.7. The van der Waals surface area contributed by atoms with Gasteiger partial charge in [0.25, 0.3) is 0 Å². The highest BCUT2D eigenvalue weighted by Gasteiger charge is 2.24. The van der Waals surface area contributed by atoms with Crippen LogP contribution in [0.4, 0.5) is 0 Å². The maximum absolute atomic E-state index is 5.43. The number of nitrogens with zero attached hydrogens (tertiary/aromatic N) is 1. The smallest absolute Gasteiger partial charge is 0.0620 e. The molecule has 1 atom stereocenters. The second-order valence-electron chi connectivity index (χ2n) is 5.96. The van der Waals surface area contributed by atoms with Crippen LogP contribution in [-0.4, -0.2) is 50.8 Å². The third kappa shape index (κ3) is 5.25. The molecule has 18 heavy (non-hydrogen) atoms. The second-order valence-corrected chi connectivity index (χ2v) is 5.96. The van der Waals surface area contributed by atoms with E-state index in [1.807, 2.05) is 7.11 Å². The minimum absolute atomic E-state index is 0.574. The van der Waals surface area contributed by atoms with E-state index < -0.39 is 0 Å². The summed E-state index contributed by atoms with van der Waals surface area (Å²) in [4.78, 5) is 2.67. The molecule has 1 saturated heterocycles. The summed E-state index contributed by atoms with van der Waals surface area (Å²) in [6.07, 6.45) is 3.90. The number of piperidine rings is 1. The number of hydrogen-bond donors (Lipinski definition) is 1. The van der Waals surface area contributed by atoms with Gasteiger partial charge in [0.1, 0.15) is 0 Å². The van der Waals surface area contributed by atoms with E-state index in [9.17, 15) is 0 Å². The van der Waals surface area contributed by atoms with Crippen LogP contribution in [0.5, 0.6) is 0 Å². The lowest BCUT2D eigenvalue weighted by molar-refractivity contribution is 0.0504. The fraction of sp³-hybridized carbons (Fsp3) is 1.00. The molecule has 108 valence electrons. The van der Waals surface area contributed by atoms with Crippen LogP contribution in [0.1, 0.15) is 40.0 Å². The first-order chi connectivity index (χ1) is 8.69. The van der Waals surface area contributed by atoms with E-state index in [0.29, 0.717) is 12.0 Å². The summed E-state index contributed by atoms with van der Waals surface area (Å²) in [5.41, 5.74) is 0. The van der Waals surface area contributed by atoms with Crippen molar-refractivity contribution in [2.24, 2.45) is 11.8 Å². The van der Waals surface area contributed by atoms with Crippen molar-refractivity contribution in [2.75, 3.05) is 39.9 Å². The van der Waals surface area contributed by atoms with Gasteiger partial charge >= 0.3 is 0 Å². The lowest BCUT2D eigenvalue weighted by Crippen LogP contribution is -2.46. The van der Waals surface area contributed by atoms with Gasteiger partial charge in [0.15, 0.2) is 0 Å². The zero-order valence-corrected chi connectivity index (χ0v) is 12.7. The predicted molar refractivity (Wildman–Crippen MR) is 78.0 cm³/mol. The number of ether oxygens (including phenoxy) is 1. The van der Waals surface area contributed by atoms with Gasteiger partial charge in [-0.3, -0.25) is 4.90 Å². The average molecular weight is 256 g/mol. The Labute approximate surface area is 113 Å². The molecule has 0 spiro atoms. The summed E-state index contributed by atoms with van der Waals surface area (Å²) < 4.78 is 5.43. The van der Waals surface area contributed by atoms with Crippen LogP contribution < -0.4 is 5.32 Å². The quantitative estimate of drug-likeness (QED) is 0.721. The Balaban J connectivity index is 2.54. The zero-order valence-electron chi connectivity index (χ0n) is 12.7. The number of methoxy groups -OCH3 is 1. The summed E-state index contributed by atoms with van der Waals surface area (Å²) >= 11 is 0. The van der Waals surface area contributed by atoms with Crippen molar-refractivity contribution in [3.8, 4) is 0 Å². The molecule has 0 amide bonds. The minimum Gasteiger partial charge on any atom is -0.383 e. The molecule has 1 unspecified atom stereocenters. The second kappa shape index (κ2) is 8.89. The lowest BCUT2D eigenvalue weighted by Gasteiger charge is -2.37. The molecule has 0 saturated carbocycles. The molecule has 1 aliphatic heterocycles. The standard InChI is InChI=1S/C15H32N2O/c1-5-10-17(15(12-18-4)13(2)3)11-14-6-8-16-9-7-14/h13-16H,5-12H2,1-4H3. The first-order valence-corrected chi connectivity index (χ1v) is 7.62. The molecule has 0 aromatic heterocycles. The van der Waals surface area contributed by atoms with E-state index in [1.54, 1.807) is 0 Å². The van der Waals surface area contributed by atoms with Crippen molar-refractivity contribution < 1.29 is 4.74 Å². The topological polar surface area (TPSA) is 24.5 Å². The molecule has 1 aliphatic rings. The monoisotopic (exact) mass is 256 g/mol. The van der Waals surface area contributed by atoms with Crippen LogP contribution >= 0.6 is 0 Å². The van der Waals surface area contributed by atoms with Gasteiger partial charge in [-0.2, -0.15) is 0 Å². The average Bonchev–Trinajstić information content (AvgIpc) is 2.36. The Hall–Kier alpha value is -0.120. The Bertz CT molecular complexity index is 203. The maximum atomic E-state index is 5.43. The van der Waals surface area contributed by atoms with Crippen molar-refractivity contribution in [1.29, 1.82) is 0 Å². The lowest BCUT2D eigenvalue weighted by atomic mass is 9.95. The van der Waals surface area contributed by atoms with Gasteiger partial charge in [-0.15, -0.1) is 0 Å². The molecule has 0 aliphatic carbocycles. The third-order valence-corrected chi connectivity index (χ3v) is 4.04. The van der Waals surface area contributed by atoms with Gasteiger partial charge in [-0.05, 0) is 50.7 Å². The molecular formula is C15H32N2O. The van der Waals surface area contributed by atoms with Crippen LogP contribution in [0.2, 0.25) is 0 Å². The van der Waals surface area contributed by atoms with E-state index in [0.717, 1.165) is 12.5 Å². The highest BCUT2D eigenvalue weighted by atomic mass is 16.5. The molecular weight excluding hydrogens is 224 g/mol. The predicted octanol–water partition coefficient (Wildman–Crippen LogP) is 2.37. The van der Waals surface area contributed by atoms with E-state index in [2.05, 4.69) is 31.0 Å². The van der Waals surface area contributed by atoms with Gasteiger partial charge in [-0.25, -0.2) is 0 Å². The summed E-state index contributed by atoms with van der Waals surface area (Å²) in [5.74, 6) is 1.54. The zero-order chi connectivity index (χ0) is 13.4. The van der Waals surface area contributed by atoms with Crippen LogP contribution in [0.25, 0.3) is 0 Å².